The molecule has 0 unspecified atom stereocenters. The highest BCUT2D eigenvalue weighted by Crippen LogP contribution is 1.76. The third kappa shape index (κ3) is 5.03. The zero-order valence-electron chi connectivity index (χ0n) is 6.36. The normalized spacial score (nSPS) is 9.80. The summed E-state index contributed by atoms with van der Waals surface area (Å²) in [7, 11) is 0. The van der Waals surface area contributed by atoms with Crippen molar-refractivity contribution in [2.75, 3.05) is 6.54 Å². The van der Waals surface area contributed by atoms with Crippen LogP contribution in [0.15, 0.2) is 12.2 Å². The molecule has 3 nitrogen and oxygen atoms in total. The van der Waals surface area contributed by atoms with Crippen molar-refractivity contribution >= 4 is 11.5 Å². The first-order valence-electron chi connectivity index (χ1n) is 3.22. The summed E-state index contributed by atoms with van der Waals surface area (Å²) in [5.74, 6) is 0.356. The van der Waals surface area contributed by atoms with Crippen molar-refractivity contribution in [3.05, 3.63) is 12.2 Å². The first kappa shape index (κ1) is 8.88. The van der Waals surface area contributed by atoms with Crippen molar-refractivity contribution < 1.29 is 0 Å². The van der Waals surface area contributed by atoms with Crippen LogP contribution in [-0.2, 0) is 0 Å². The van der Waals surface area contributed by atoms with Crippen molar-refractivity contribution in [1.29, 1.82) is 10.8 Å². The van der Waals surface area contributed by atoms with Gasteiger partial charge in [0, 0.05) is 12.3 Å². The Morgan fingerprint density at radius 1 is 1.40 bits per heavy atom. The van der Waals surface area contributed by atoms with E-state index in [1.165, 1.54) is 0 Å². The molecule has 0 aromatic carbocycles. The average molecular weight is 139 g/mol. The van der Waals surface area contributed by atoms with E-state index in [4.69, 9.17) is 10.8 Å². The molecule has 3 heteroatoms. The van der Waals surface area contributed by atoms with Crippen molar-refractivity contribution in [2.45, 2.75) is 13.8 Å². The Bertz CT molecular complexity index is 158. The molecule has 0 amide bonds. The van der Waals surface area contributed by atoms with Gasteiger partial charge in [0.05, 0.1) is 0 Å². The van der Waals surface area contributed by atoms with Crippen molar-refractivity contribution in [3.8, 4) is 0 Å². The molecule has 0 aromatic rings. The van der Waals surface area contributed by atoms with E-state index in [9.17, 15) is 0 Å². The van der Waals surface area contributed by atoms with Gasteiger partial charge in [-0.3, -0.25) is 5.41 Å². The van der Waals surface area contributed by atoms with Crippen LogP contribution in [0.25, 0.3) is 0 Å². The third-order valence-corrected chi connectivity index (χ3v) is 0.867. The van der Waals surface area contributed by atoms with Gasteiger partial charge in [0.15, 0.2) is 0 Å². The zero-order chi connectivity index (χ0) is 7.98. The summed E-state index contributed by atoms with van der Waals surface area (Å²) in [6, 6.07) is 0. The van der Waals surface area contributed by atoms with Gasteiger partial charge in [-0.25, -0.2) is 0 Å². The summed E-state index contributed by atoms with van der Waals surface area (Å²) in [6.07, 6.45) is 3.16. The minimum Gasteiger partial charge on any atom is -0.371 e. The highest BCUT2D eigenvalue weighted by atomic mass is 14.9. The predicted octanol–water partition coefficient (Wildman–Crippen LogP) is 1.17. The van der Waals surface area contributed by atoms with Gasteiger partial charge in [0.1, 0.15) is 5.84 Å². The Labute approximate surface area is 61.2 Å². The Hall–Kier alpha value is -1.12. The van der Waals surface area contributed by atoms with Crippen LogP contribution >= 0.6 is 0 Å². The van der Waals surface area contributed by atoms with Gasteiger partial charge in [-0.05, 0) is 26.0 Å². The molecule has 0 rings (SSSR count). The summed E-state index contributed by atoms with van der Waals surface area (Å²) in [5.41, 5.74) is 0.461. The molecular weight excluding hydrogens is 126 g/mol. The van der Waals surface area contributed by atoms with Crippen molar-refractivity contribution in [3.63, 3.8) is 0 Å². The van der Waals surface area contributed by atoms with Gasteiger partial charge in [-0.1, -0.05) is 0 Å². The van der Waals surface area contributed by atoms with E-state index in [2.05, 4.69) is 5.32 Å². The van der Waals surface area contributed by atoms with Crippen LogP contribution in [0.3, 0.4) is 0 Å². The minimum absolute atomic E-state index is 0.356. The van der Waals surface area contributed by atoms with E-state index >= 15 is 0 Å². The van der Waals surface area contributed by atoms with E-state index in [0.717, 1.165) is 6.54 Å². The molecule has 0 aromatic heterocycles. The van der Waals surface area contributed by atoms with Gasteiger partial charge < -0.3 is 10.7 Å². The lowest BCUT2D eigenvalue weighted by molar-refractivity contribution is 0.963. The second-order valence-electron chi connectivity index (χ2n) is 1.96. The maximum Gasteiger partial charge on any atom is 0.118 e. The van der Waals surface area contributed by atoms with Crippen molar-refractivity contribution in [1.82, 2.24) is 5.32 Å². The Morgan fingerprint density at radius 2 is 2.00 bits per heavy atom. The molecule has 0 saturated carbocycles. The zero-order valence-corrected chi connectivity index (χ0v) is 6.36. The summed E-state index contributed by atoms with van der Waals surface area (Å²) in [6.45, 7) is 4.36. The summed E-state index contributed by atoms with van der Waals surface area (Å²) < 4.78 is 0. The van der Waals surface area contributed by atoms with Crippen LogP contribution in [0, 0.1) is 10.8 Å². The van der Waals surface area contributed by atoms with E-state index in [1.54, 1.807) is 19.1 Å². The summed E-state index contributed by atoms with van der Waals surface area (Å²) in [4.78, 5) is 0. The van der Waals surface area contributed by atoms with Crippen LogP contribution in [0.2, 0.25) is 0 Å². The number of allylic oxidation sites excluding steroid dienone is 1. The lowest BCUT2D eigenvalue weighted by Crippen LogP contribution is -2.19. The maximum absolute atomic E-state index is 7.19. The van der Waals surface area contributed by atoms with E-state index < -0.39 is 0 Å². The molecule has 0 aliphatic heterocycles. The molecule has 0 atom stereocenters. The van der Waals surface area contributed by atoms with Crippen molar-refractivity contribution in [2.24, 2.45) is 0 Å². The predicted molar refractivity (Wildman–Crippen MR) is 43.9 cm³/mol. The molecule has 3 N–H and O–H groups in total. The van der Waals surface area contributed by atoms with Gasteiger partial charge >= 0.3 is 0 Å². The first-order chi connectivity index (χ1) is 4.66. The smallest absolute Gasteiger partial charge is 0.118 e. The fraction of sp³-hybridized carbons (Fsp3) is 0.429. The lowest BCUT2D eigenvalue weighted by atomic mass is 10.3. The molecule has 0 aliphatic rings. The number of amidine groups is 1. The largest absolute Gasteiger partial charge is 0.371 e. The Kier molecular flexibility index (Phi) is 4.20. The minimum atomic E-state index is 0.356. The number of nitrogens with one attached hydrogen (secondary N) is 3. The monoisotopic (exact) mass is 139 g/mol. The Morgan fingerprint density at radius 3 is 2.40 bits per heavy atom. The second-order valence-corrected chi connectivity index (χ2v) is 1.96. The molecule has 0 fully saturated rings. The fourth-order valence-corrected chi connectivity index (χ4v) is 0.458. The van der Waals surface area contributed by atoms with E-state index in [-0.39, 0.29) is 0 Å². The van der Waals surface area contributed by atoms with Crippen LogP contribution in [0.4, 0.5) is 0 Å². The Balaban J connectivity index is 3.67. The highest BCUT2D eigenvalue weighted by molar-refractivity contribution is 5.98. The van der Waals surface area contributed by atoms with E-state index in [1.807, 2.05) is 6.92 Å². The van der Waals surface area contributed by atoms with Crippen LogP contribution in [0.5, 0.6) is 0 Å². The maximum atomic E-state index is 7.19. The van der Waals surface area contributed by atoms with Gasteiger partial charge in [0.25, 0.3) is 0 Å². The molecule has 0 bridgehead atoms. The van der Waals surface area contributed by atoms with Gasteiger partial charge in [-0.2, -0.15) is 0 Å². The first-order valence-corrected chi connectivity index (χ1v) is 3.22. The molecule has 0 spiro atoms. The van der Waals surface area contributed by atoms with Crippen LogP contribution in [-0.4, -0.2) is 18.1 Å². The number of hydrogen-bond donors (Lipinski definition) is 3. The van der Waals surface area contributed by atoms with E-state index in [0.29, 0.717) is 11.5 Å². The number of likely N-dealkylation sites (N-methyl/N-ethyl adjacent to an activating group) is 1. The summed E-state index contributed by atoms with van der Waals surface area (Å²) >= 11 is 0. The average Bonchev–Trinajstić information content (AvgIpc) is 1.85. The SMILES string of the molecule is CCNC(=N)/C=C\C(C)=N. The van der Waals surface area contributed by atoms with Gasteiger partial charge in [0.2, 0.25) is 0 Å². The molecule has 0 aliphatic carbocycles. The number of hydrogen-bond acceptors (Lipinski definition) is 2. The molecule has 56 valence electrons. The van der Waals surface area contributed by atoms with Crippen LogP contribution in [0.1, 0.15) is 13.8 Å². The van der Waals surface area contributed by atoms with Crippen LogP contribution < -0.4 is 5.32 Å². The second kappa shape index (κ2) is 4.73. The van der Waals surface area contributed by atoms with Gasteiger partial charge in [-0.15, -0.1) is 0 Å². The summed E-state index contributed by atoms with van der Waals surface area (Å²) in [5, 5.41) is 17.0. The molecule has 0 saturated heterocycles. The number of rotatable bonds is 3. The lowest BCUT2D eigenvalue weighted by Gasteiger charge is -1.96. The quantitative estimate of drug-likeness (QED) is 0.399. The molecule has 0 radical (unpaired) electrons. The third-order valence-electron chi connectivity index (χ3n) is 0.867. The molecule has 0 heterocycles. The topological polar surface area (TPSA) is 59.7 Å². The standard InChI is InChI=1S/C7H13N3/c1-3-10-7(9)5-4-6(2)8/h4-5,8H,3H2,1-2H3,(H2,9,10)/b5-4-,8-6?. The molecule has 10 heavy (non-hydrogen) atoms. The fourth-order valence-electron chi connectivity index (χ4n) is 0.458. The highest BCUT2D eigenvalue weighted by Gasteiger charge is 1.84. The molecular formula is C7H13N3.